The van der Waals surface area contributed by atoms with E-state index in [1.54, 1.807) is 0 Å². The average molecular weight is 424 g/mol. The van der Waals surface area contributed by atoms with Crippen LogP contribution < -0.4 is 5.32 Å². The SMILES string of the molecule is C=CC(=O)CCCC[N+](C)(C)CCCCCCCC[N+](C)(C)CCCNC(=O)C=C. The lowest BCUT2D eigenvalue weighted by molar-refractivity contribution is -0.890. The van der Waals surface area contributed by atoms with Crippen molar-refractivity contribution >= 4 is 11.7 Å². The molecule has 0 aromatic carbocycles. The highest BCUT2D eigenvalue weighted by molar-refractivity contribution is 5.88. The third kappa shape index (κ3) is 17.4. The zero-order chi connectivity index (χ0) is 22.9. The van der Waals surface area contributed by atoms with Gasteiger partial charge >= 0.3 is 0 Å². The van der Waals surface area contributed by atoms with Gasteiger partial charge in [0, 0.05) is 19.4 Å². The summed E-state index contributed by atoms with van der Waals surface area (Å²) >= 11 is 0. The number of nitrogens with zero attached hydrogens (tertiary/aromatic N) is 2. The molecule has 0 aliphatic carbocycles. The second-order valence-electron chi connectivity index (χ2n) is 9.86. The van der Waals surface area contributed by atoms with Crippen LogP contribution in [-0.2, 0) is 9.59 Å². The first kappa shape index (κ1) is 28.5. The molecule has 0 aliphatic rings. The van der Waals surface area contributed by atoms with Gasteiger partial charge < -0.3 is 14.3 Å². The molecular weight excluding hydrogens is 374 g/mol. The van der Waals surface area contributed by atoms with Gasteiger partial charge in [0.2, 0.25) is 5.91 Å². The molecule has 30 heavy (non-hydrogen) atoms. The third-order valence-electron chi connectivity index (χ3n) is 5.87. The molecule has 0 atom stereocenters. The first-order valence-electron chi connectivity index (χ1n) is 11.8. The van der Waals surface area contributed by atoms with Crippen molar-refractivity contribution in [2.75, 3.05) is 60.9 Å². The molecule has 5 nitrogen and oxygen atoms in total. The predicted molar refractivity (Wildman–Crippen MR) is 128 cm³/mol. The van der Waals surface area contributed by atoms with E-state index in [0.717, 1.165) is 47.9 Å². The molecule has 0 aromatic heterocycles. The fourth-order valence-corrected chi connectivity index (χ4v) is 3.74. The Kier molecular flexibility index (Phi) is 15.5. The van der Waals surface area contributed by atoms with Crippen LogP contribution in [0.3, 0.4) is 0 Å². The van der Waals surface area contributed by atoms with E-state index in [1.165, 1.54) is 63.8 Å². The van der Waals surface area contributed by atoms with Crippen LogP contribution in [0.2, 0.25) is 0 Å². The number of carbonyl (C=O) groups excluding carboxylic acids is 2. The van der Waals surface area contributed by atoms with Crippen molar-refractivity contribution in [3.05, 3.63) is 25.3 Å². The first-order chi connectivity index (χ1) is 14.1. The smallest absolute Gasteiger partial charge is 0.243 e. The Labute approximate surface area is 186 Å². The van der Waals surface area contributed by atoms with Gasteiger partial charge in [-0.2, -0.15) is 0 Å². The molecule has 0 saturated heterocycles. The molecule has 0 bridgehead atoms. The highest BCUT2D eigenvalue weighted by Crippen LogP contribution is 2.11. The highest BCUT2D eigenvalue weighted by Gasteiger charge is 2.15. The van der Waals surface area contributed by atoms with Crippen LogP contribution in [0.5, 0.6) is 0 Å². The lowest BCUT2D eigenvalue weighted by Crippen LogP contribution is -2.42. The van der Waals surface area contributed by atoms with Gasteiger partial charge in [-0.15, -0.1) is 0 Å². The van der Waals surface area contributed by atoms with Crippen LogP contribution in [-0.4, -0.2) is 81.6 Å². The molecule has 1 N–H and O–H groups in total. The Balaban J connectivity index is 3.64. The fraction of sp³-hybridized carbons (Fsp3) is 0.760. The molecule has 0 spiro atoms. The number of carbonyl (C=O) groups is 2. The third-order valence-corrected chi connectivity index (χ3v) is 5.87. The monoisotopic (exact) mass is 423 g/mol. The molecule has 1 amide bonds. The number of unbranched alkanes of at least 4 members (excludes halogenated alkanes) is 6. The van der Waals surface area contributed by atoms with Gasteiger partial charge in [-0.1, -0.05) is 26.0 Å². The van der Waals surface area contributed by atoms with Gasteiger partial charge in [-0.25, -0.2) is 0 Å². The van der Waals surface area contributed by atoms with Crippen LogP contribution in [0.4, 0.5) is 0 Å². The summed E-state index contributed by atoms with van der Waals surface area (Å²) < 4.78 is 2.08. The van der Waals surface area contributed by atoms with E-state index in [4.69, 9.17) is 0 Å². The summed E-state index contributed by atoms with van der Waals surface area (Å²) in [6, 6.07) is 0. The van der Waals surface area contributed by atoms with E-state index in [1.807, 2.05) is 0 Å². The number of hydrogen-bond acceptors (Lipinski definition) is 2. The van der Waals surface area contributed by atoms with Gasteiger partial charge in [-0.05, 0) is 50.7 Å². The van der Waals surface area contributed by atoms with E-state index in [2.05, 4.69) is 46.7 Å². The number of quaternary nitrogens is 2. The minimum Gasteiger partial charge on any atom is -0.352 e. The van der Waals surface area contributed by atoms with Crippen molar-refractivity contribution in [1.82, 2.24) is 5.32 Å². The number of allylic oxidation sites excluding steroid dienone is 1. The molecule has 5 heteroatoms. The molecule has 0 saturated carbocycles. The Morgan fingerprint density at radius 2 is 1.10 bits per heavy atom. The normalized spacial score (nSPS) is 11.9. The Bertz CT molecular complexity index is 467. The summed E-state index contributed by atoms with van der Waals surface area (Å²) in [6.07, 6.45) is 14.3. The lowest BCUT2D eigenvalue weighted by atomic mass is 10.1. The van der Waals surface area contributed by atoms with Crippen LogP contribution in [0.25, 0.3) is 0 Å². The van der Waals surface area contributed by atoms with Crippen molar-refractivity contribution < 1.29 is 18.6 Å². The van der Waals surface area contributed by atoms with E-state index >= 15 is 0 Å². The molecule has 0 aliphatic heterocycles. The molecule has 0 rings (SSSR count). The van der Waals surface area contributed by atoms with Crippen LogP contribution in [0.1, 0.15) is 64.2 Å². The number of amides is 1. The lowest BCUT2D eigenvalue weighted by Gasteiger charge is -2.30. The quantitative estimate of drug-likeness (QED) is 0.182. The highest BCUT2D eigenvalue weighted by atomic mass is 16.1. The summed E-state index contributed by atoms with van der Waals surface area (Å²) in [5.74, 6) is 0.0852. The Morgan fingerprint density at radius 1 is 0.667 bits per heavy atom. The maximum Gasteiger partial charge on any atom is 0.243 e. The largest absolute Gasteiger partial charge is 0.352 e. The van der Waals surface area contributed by atoms with Crippen LogP contribution >= 0.6 is 0 Å². The summed E-state index contributed by atoms with van der Waals surface area (Å²) in [6.45, 7) is 12.4. The molecule has 0 heterocycles. The topological polar surface area (TPSA) is 46.2 Å². The van der Waals surface area contributed by atoms with E-state index in [0.29, 0.717) is 6.42 Å². The van der Waals surface area contributed by atoms with E-state index in [9.17, 15) is 9.59 Å². The van der Waals surface area contributed by atoms with Crippen molar-refractivity contribution in [3.63, 3.8) is 0 Å². The zero-order valence-corrected chi connectivity index (χ0v) is 20.4. The molecule has 0 fully saturated rings. The number of ketones is 1. The van der Waals surface area contributed by atoms with Gasteiger partial charge in [0.1, 0.15) is 0 Å². The van der Waals surface area contributed by atoms with Crippen LogP contribution in [0, 0.1) is 0 Å². The molecule has 0 radical (unpaired) electrons. The maximum absolute atomic E-state index is 11.3. The number of nitrogens with one attached hydrogen (secondary N) is 1. The van der Waals surface area contributed by atoms with Crippen molar-refractivity contribution in [2.24, 2.45) is 0 Å². The standard InChI is InChI=1S/C25H48N3O2/c1-7-24(29)18-13-16-22-27(3,4)20-14-11-9-10-12-15-21-28(5,6)23-17-19-26-25(30)8-2/h7-8H,1-2,9-23H2,3-6H3/q+1/p+1. The van der Waals surface area contributed by atoms with Crippen molar-refractivity contribution in [2.45, 2.75) is 64.2 Å². The number of hydrogen-bond donors (Lipinski definition) is 1. The van der Waals surface area contributed by atoms with Gasteiger partial charge in [0.25, 0.3) is 0 Å². The van der Waals surface area contributed by atoms with Gasteiger partial charge in [0.05, 0.1) is 54.4 Å². The van der Waals surface area contributed by atoms with Crippen molar-refractivity contribution in [1.29, 1.82) is 0 Å². The summed E-state index contributed by atoms with van der Waals surface area (Å²) in [7, 11) is 9.17. The first-order valence-corrected chi connectivity index (χ1v) is 11.8. The zero-order valence-electron chi connectivity index (χ0n) is 20.4. The van der Waals surface area contributed by atoms with Crippen LogP contribution in [0.15, 0.2) is 25.3 Å². The summed E-state index contributed by atoms with van der Waals surface area (Å²) in [5, 5.41) is 2.85. The summed E-state index contributed by atoms with van der Waals surface area (Å²) in [4.78, 5) is 22.4. The van der Waals surface area contributed by atoms with E-state index < -0.39 is 0 Å². The van der Waals surface area contributed by atoms with Gasteiger partial charge in [-0.3, -0.25) is 9.59 Å². The summed E-state index contributed by atoms with van der Waals surface area (Å²) in [5.41, 5.74) is 0. The Hall–Kier alpha value is -1.46. The molecule has 174 valence electrons. The second kappa shape index (κ2) is 16.3. The molecule has 0 unspecified atom stereocenters. The minimum absolute atomic E-state index is 0.0810. The fourth-order valence-electron chi connectivity index (χ4n) is 3.74. The van der Waals surface area contributed by atoms with E-state index in [-0.39, 0.29) is 11.7 Å². The molecular formula is C25H49N3O2+2. The van der Waals surface area contributed by atoms with Crippen molar-refractivity contribution in [3.8, 4) is 0 Å². The Morgan fingerprint density at radius 3 is 1.57 bits per heavy atom. The molecule has 0 aromatic rings. The predicted octanol–water partition coefficient (Wildman–Crippen LogP) is 4.10. The average Bonchev–Trinajstić information content (AvgIpc) is 2.70. The maximum atomic E-state index is 11.3. The second-order valence-corrected chi connectivity index (χ2v) is 9.86. The van der Waals surface area contributed by atoms with Gasteiger partial charge in [0.15, 0.2) is 5.78 Å². The minimum atomic E-state index is -0.0810. The number of rotatable bonds is 20.